The van der Waals surface area contributed by atoms with Crippen LogP contribution in [0, 0.1) is 0 Å². The highest BCUT2D eigenvalue weighted by atomic mass is 35.5. The fourth-order valence-electron chi connectivity index (χ4n) is 3.12. The molecule has 0 atom stereocenters. The Kier molecular flexibility index (Phi) is 6.67. The number of nitrogens with zero attached hydrogens (tertiary/aromatic N) is 2. The lowest BCUT2D eigenvalue weighted by molar-refractivity contribution is -0.114. The standard InChI is InChI=1S/C21H25ClN4O2/c1-15(27)23-18-7-8-20(19(22)13-18)24-21(28)17-5-3-16(4-6-17)14-26-11-9-25(2)10-12-26/h3-8,13H,9-12,14H2,1-2H3,(H,23,27)(H,24,28). The number of hydrogen-bond acceptors (Lipinski definition) is 4. The number of benzene rings is 2. The Morgan fingerprint density at radius 2 is 1.68 bits per heavy atom. The van der Waals surface area contributed by atoms with Gasteiger partial charge in [0.2, 0.25) is 5.91 Å². The second kappa shape index (κ2) is 9.19. The van der Waals surface area contributed by atoms with Crippen LogP contribution in [0.25, 0.3) is 0 Å². The smallest absolute Gasteiger partial charge is 0.255 e. The summed E-state index contributed by atoms with van der Waals surface area (Å²) < 4.78 is 0. The van der Waals surface area contributed by atoms with Crippen LogP contribution in [0.1, 0.15) is 22.8 Å². The number of likely N-dealkylation sites (N-methyl/N-ethyl adjacent to an activating group) is 1. The number of rotatable bonds is 5. The van der Waals surface area contributed by atoms with Crippen LogP contribution in [0.15, 0.2) is 42.5 Å². The van der Waals surface area contributed by atoms with Crippen LogP contribution in [0.3, 0.4) is 0 Å². The molecule has 2 aromatic rings. The summed E-state index contributed by atoms with van der Waals surface area (Å²) in [6.45, 7) is 6.62. The third kappa shape index (κ3) is 5.55. The van der Waals surface area contributed by atoms with E-state index in [4.69, 9.17) is 11.6 Å². The van der Waals surface area contributed by atoms with E-state index >= 15 is 0 Å². The molecule has 2 aromatic carbocycles. The number of carbonyl (C=O) groups excluding carboxylic acids is 2. The second-order valence-corrected chi connectivity index (χ2v) is 7.51. The van der Waals surface area contributed by atoms with Gasteiger partial charge in [-0.2, -0.15) is 0 Å². The average molecular weight is 401 g/mol. The highest BCUT2D eigenvalue weighted by Crippen LogP contribution is 2.26. The highest BCUT2D eigenvalue weighted by Gasteiger charge is 2.14. The molecule has 2 N–H and O–H groups in total. The van der Waals surface area contributed by atoms with Crippen molar-refractivity contribution in [3.8, 4) is 0 Å². The van der Waals surface area contributed by atoms with Gasteiger partial charge in [-0.1, -0.05) is 23.7 Å². The van der Waals surface area contributed by atoms with E-state index in [1.54, 1.807) is 18.2 Å². The van der Waals surface area contributed by atoms with E-state index in [0.29, 0.717) is 22.0 Å². The van der Waals surface area contributed by atoms with Crippen LogP contribution in [-0.2, 0) is 11.3 Å². The zero-order valence-corrected chi connectivity index (χ0v) is 16.9. The zero-order chi connectivity index (χ0) is 20.1. The number of hydrogen-bond donors (Lipinski definition) is 2. The average Bonchev–Trinajstić information content (AvgIpc) is 2.66. The van der Waals surface area contributed by atoms with Crippen molar-refractivity contribution in [2.24, 2.45) is 0 Å². The largest absolute Gasteiger partial charge is 0.326 e. The zero-order valence-electron chi connectivity index (χ0n) is 16.2. The summed E-state index contributed by atoms with van der Waals surface area (Å²) in [4.78, 5) is 28.4. The van der Waals surface area contributed by atoms with Crippen molar-refractivity contribution in [2.45, 2.75) is 13.5 Å². The number of carbonyl (C=O) groups is 2. The number of nitrogens with one attached hydrogen (secondary N) is 2. The maximum Gasteiger partial charge on any atom is 0.255 e. The summed E-state index contributed by atoms with van der Waals surface area (Å²) >= 11 is 6.21. The third-order valence-electron chi connectivity index (χ3n) is 4.76. The molecule has 6 nitrogen and oxygen atoms in total. The molecular weight excluding hydrogens is 376 g/mol. The molecule has 1 aliphatic heterocycles. The van der Waals surface area contributed by atoms with Gasteiger partial charge in [-0.15, -0.1) is 0 Å². The summed E-state index contributed by atoms with van der Waals surface area (Å²) in [5.74, 6) is -0.398. The summed E-state index contributed by atoms with van der Waals surface area (Å²) in [6.07, 6.45) is 0. The molecule has 0 aromatic heterocycles. The third-order valence-corrected chi connectivity index (χ3v) is 5.07. The fourth-order valence-corrected chi connectivity index (χ4v) is 3.35. The molecule has 1 saturated heterocycles. The molecule has 7 heteroatoms. The summed E-state index contributed by atoms with van der Waals surface area (Å²) in [5, 5.41) is 5.84. The summed E-state index contributed by atoms with van der Waals surface area (Å²) in [6, 6.07) is 12.6. The van der Waals surface area contributed by atoms with E-state index in [0.717, 1.165) is 32.7 Å². The lowest BCUT2D eigenvalue weighted by Gasteiger charge is -2.32. The van der Waals surface area contributed by atoms with Gasteiger partial charge in [-0.05, 0) is 42.9 Å². The van der Waals surface area contributed by atoms with Crippen molar-refractivity contribution in [1.29, 1.82) is 0 Å². The maximum absolute atomic E-state index is 12.5. The molecule has 1 heterocycles. The molecule has 148 valence electrons. The van der Waals surface area contributed by atoms with Crippen LogP contribution < -0.4 is 10.6 Å². The highest BCUT2D eigenvalue weighted by molar-refractivity contribution is 6.34. The Balaban J connectivity index is 1.59. The fraction of sp³-hybridized carbons (Fsp3) is 0.333. The second-order valence-electron chi connectivity index (χ2n) is 7.11. The van der Waals surface area contributed by atoms with Crippen molar-refractivity contribution < 1.29 is 9.59 Å². The minimum atomic E-state index is -0.222. The first-order valence-electron chi connectivity index (χ1n) is 9.29. The first-order valence-corrected chi connectivity index (χ1v) is 9.67. The Morgan fingerprint density at radius 1 is 1.00 bits per heavy atom. The molecule has 28 heavy (non-hydrogen) atoms. The number of amides is 2. The van der Waals surface area contributed by atoms with E-state index in [1.807, 2.05) is 24.3 Å². The number of anilines is 2. The van der Waals surface area contributed by atoms with Crippen LogP contribution in [0.2, 0.25) is 5.02 Å². The molecular formula is C21H25ClN4O2. The van der Waals surface area contributed by atoms with Crippen molar-refractivity contribution in [2.75, 3.05) is 43.9 Å². The van der Waals surface area contributed by atoms with E-state index in [1.165, 1.54) is 12.5 Å². The lowest BCUT2D eigenvalue weighted by atomic mass is 10.1. The molecule has 0 bridgehead atoms. The topological polar surface area (TPSA) is 64.7 Å². The van der Waals surface area contributed by atoms with Crippen LogP contribution >= 0.6 is 11.6 Å². The molecule has 1 fully saturated rings. The monoisotopic (exact) mass is 400 g/mol. The Morgan fingerprint density at radius 3 is 2.29 bits per heavy atom. The molecule has 1 aliphatic rings. The molecule has 3 rings (SSSR count). The van der Waals surface area contributed by atoms with Gasteiger partial charge in [0, 0.05) is 50.9 Å². The molecule has 2 amide bonds. The predicted octanol–water partition coefficient (Wildman–Crippen LogP) is 3.30. The molecule has 0 radical (unpaired) electrons. The minimum Gasteiger partial charge on any atom is -0.326 e. The van der Waals surface area contributed by atoms with Gasteiger partial charge in [0.15, 0.2) is 0 Å². The molecule has 0 saturated carbocycles. The van der Waals surface area contributed by atoms with E-state index in [9.17, 15) is 9.59 Å². The van der Waals surface area contributed by atoms with Gasteiger partial charge < -0.3 is 15.5 Å². The van der Waals surface area contributed by atoms with Crippen molar-refractivity contribution in [3.05, 3.63) is 58.6 Å². The van der Waals surface area contributed by atoms with Crippen LogP contribution in [0.5, 0.6) is 0 Å². The Bertz CT molecular complexity index is 846. The molecule has 0 aliphatic carbocycles. The van der Waals surface area contributed by atoms with E-state index < -0.39 is 0 Å². The number of piperazine rings is 1. The van der Waals surface area contributed by atoms with E-state index in [-0.39, 0.29) is 11.8 Å². The Hall–Kier alpha value is -2.41. The van der Waals surface area contributed by atoms with Crippen molar-refractivity contribution >= 4 is 34.8 Å². The van der Waals surface area contributed by atoms with Gasteiger partial charge in [-0.25, -0.2) is 0 Å². The molecule has 0 spiro atoms. The van der Waals surface area contributed by atoms with E-state index in [2.05, 4.69) is 27.5 Å². The quantitative estimate of drug-likeness (QED) is 0.808. The van der Waals surface area contributed by atoms with Gasteiger partial charge in [0.25, 0.3) is 5.91 Å². The van der Waals surface area contributed by atoms with Gasteiger partial charge >= 0.3 is 0 Å². The maximum atomic E-state index is 12.5. The van der Waals surface area contributed by atoms with Crippen LogP contribution in [-0.4, -0.2) is 54.8 Å². The lowest BCUT2D eigenvalue weighted by Crippen LogP contribution is -2.43. The minimum absolute atomic E-state index is 0.176. The van der Waals surface area contributed by atoms with Gasteiger partial charge in [0.1, 0.15) is 0 Å². The number of halogens is 1. The summed E-state index contributed by atoms with van der Waals surface area (Å²) in [5.41, 5.74) is 2.86. The first kappa shape index (κ1) is 20.3. The van der Waals surface area contributed by atoms with Crippen molar-refractivity contribution in [3.63, 3.8) is 0 Å². The van der Waals surface area contributed by atoms with Crippen LogP contribution in [0.4, 0.5) is 11.4 Å². The molecule has 0 unspecified atom stereocenters. The SMILES string of the molecule is CC(=O)Nc1ccc(NC(=O)c2ccc(CN3CCN(C)CC3)cc2)c(Cl)c1. The normalized spacial score (nSPS) is 15.2. The summed E-state index contributed by atoms with van der Waals surface area (Å²) in [7, 11) is 2.14. The first-order chi connectivity index (χ1) is 13.4. The predicted molar refractivity (Wildman–Crippen MR) is 113 cm³/mol. The Labute approximate surface area is 170 Å². The van der Waals surface area contributed by atoms with Gasteiger partial charge in [-0.3, -0.25) is 14.5 Å². The van der Waals surface area contributed by atoms with Gasteiger partial charge in [0.05, 0.1) is 10.7 Å². The van der Waals surface area contributed by atoms with Crippen molar-refractivity contribution in [1.82, 2.24) is 9.80 Å².